The van der Waals surface area contributed by atoms with E-state index in [0.717, 1.165) is 12.0 Å². The van der Waals surface area contributed by atoms with Crippen LogP contribution in [0.2, 0.25) is 0 Å². The van der Waals surface area contributed by atoms with E-state index in [1.165, 1.54) is 13.2 Å². The zero-order chi connectivity index (χ0) is 15.3. The van der Waals surface area contributed by atoms with Gasteiger partial charge >= 0.3 is 5.97 Å². The zero-order valence-electron chi connectivity index (χ0n) is 12.2. The van der Waals surface area contributed by atoms with E-state index in [4.69, 9.17) is 9.47 Å². The number of benzene rings is 1. The van der Waals surface area contributed by atoms with Gasteiger partial charge in [0.05, 0.1) is 13.7 Å². The van der Waals surface area contributed by atoms with Crippen LogP contribution in [0.4, 0.5) is 4.39 Å². The molecule has 0 aromatic heterocycles. The fourth-order valence-corrected chi connectivity index (χ4v) is 2.48. The second kappa shape index (κ2) is 7.62. The first-order valence-corrected chi connectivity index (χ1v) is 7.49. The predicted molar refractivity (Wildman–Crippen MR) is 79.8 cm³/mol. The molecule has 0 aliphatic heterocycles. The minimum Gasteiger partial charge on any atom is -0.493 e. The molecule has 1 atom stereocenters. The third-order valence-electron chi connectivity index (χ3n) is 2.75. The molecule has 112 valence electrons. The van der Waals surface area contributed by atoms with Crippen LogP contribution in [-0.2, 0) is 16.0 Å². The summed E-state index contributed by atoms with van der Waals surface area (Å²) in [4.78, 5) is 11.1. The maximum atomic E-state index is 14.1. The minimum atomic E-state index is -0.737. The summed E-state index contributed by atoms with van der Waals surface area (Å²) in [6.45, 7) is 6.11. The number of hydrogen-bond donors (Lipinski definition) is 0. The predicted octanol–water partition coefficient (Wildman–Crippen LogP) is 4.03. The lowest BCUT2D eigenvalue weighted by Gasteiger charge is -2.16. The summed E-state index contributed by atoms with van der Waals surface area (Å²) >= 11 is 3.26. The van der Waals surface area contributed by atoms with Gasteiger partial charge in [-0.15, -0.1) is 0 Å². The smallest absolute Gasteiger partial charge is 0.324 e. The highest BCUT2D eigenvalue weighted by Gasteiger charge is 2.25. The van der Waals surface area contributed by atoms with Crippen molar-refractivity contribution in [2.45, 2.75) is 32.0 Å². The van der Waals surface area contributed by atoms with Crippen molar-refractivity contribution in [2.75, 3.05) is 13.7 Å². The number of methoxy groups -OCH3 is 1. The summed E-state index contributed by atoms with van der Waals surface area (Å²) in [7, 11) is 1.38. The highest BCUT2D eigenvalue weighted by Crippen LogP contribution is 2.35. The van der Waals surface area contributed by atoms with Crippen molar-refractivity contribution in [2.24, 2.45) is 5.92 Å². The lowest BCUT2D eigenvalue weighted by atomic mass is 9.99. The summed E-state index contributed by atoms with van der Waals surface area (Å²) < 4.78 is 24.1. The molecular formula is C15H20BrFO3. The van der Waals surface area contributed by atoms with E-state index in [-0.39, 0.29) is 12.4 Å². The van der Waals surface area contributed by atoms with Gasteiger partial charge in [0.1, 0.15) is 4.83 Å². The van der Waals surface area contributed by atoms with Crippen LogP contribution in [0, 0.1) is 11.7 Å². The van der Waals surface area contributed by atoms with Crippen molar-refractivity contribution >= 4 is 21.9 Å². The molecule has 20 heavy (non-hydrogen) atoms. The van der Waals surface area contributed by atoms with Crippen molar-refractivity contribution in [3.8, 4) is 5.75 Å². The molecule has 0 bridgehead atoms. The first-order chi connectivity index (χ1) is 9.40. The van der Waals surface area contributed by atoms with Crippen LogP contribution >= 0.6 is 15.9 Å². The second-order valence-corrected chi connectivity index (χ2v) is 5.83. The molecule has 3 nitrogen and oxygen atoms in total. The van der Waals surface area contributed by atoms with Gasteiger partial charge in [-0.25, -0.2) is 4.39 Å². The fraction of sp³-hybridized carbons (Fsp3) is 0.533. The molecule has 0 radical (unpaired) electrons. The number of alkyl halides is 1. The molecule has 1 aromatic carbocycles. The highest BCUT2D eigenvalue weighted by atomic mass is 79.9. The first kappa shape index (κ1) is 17.0. The monoisotopic (exact) mass is 346 g/mol. The molecule has 0 heterocycles. The van der Waals surface area contributed by atoms with Gasteiger partial charge in [0.25, 0.3) is 0 Å². The number of ether oxygens (including phenoxy) is 2. The Labute approximate surface area is 127 Å². The van der Waals surface area contributed by atoms with Gasteiger partial charge in [-0.05, 0) is 30.9 Å². The standard InChI is InChI=1S/C15H20BrFO3/c1-5-20-15(18)13(16)11-7-10(6-9(2)3)8-12(17)14(11)19-4/h7-9,13H,5-6H2,1-4H3. The Hall–Kier alpha value is -1.10. The first-order valence-electron chi connectivity index (χ1n) is 6.57. The van der Waals surface area contributed by atoms with E-state index >= 15 is 0 Å². The third-order valence-corrected chi connectivity index (χ3v) is 3.61. The van der Waals surface area contributed by atoms with Gasteiger partial charge in [0, 0.05) is 5.56 Å². The number of hydrogen-bond acceptors (Lipinski definition) is 3. The van der Waals surface area contributed by atoms with Crippen molar-refractivity contribution < 1.29 is 18.7 Å². The number of esters is 1. The Bertz CT molecular complexity index is 474. The number of carbonyl (C=O) groups excluding carboxylic acids is 1. The van der Waals surface area contributed by atoms with Gasteiger partial charge in [0.2, 0.25) is 0 Å². The summed E-state index contributed by atoms with van der Waals surface area (Å²) in [6, 6.07) is 3.24. The molecule has 0 aliphatic rings. The maximum Gasteiger partial charge on any atom is 0.324 e. The summed E-state index contributed by atoms with van der Waals surface area (Å²) in [5.74, 6) is -0.444. The van der Waals surface area contributed by atoms with Crippen LogP contribution in [0.3, 0.4) is 0 Å². The molecule has 1 unspecified atom stereocenters. The number of halogens is 2. The molecule has 1 aromatic rings. The van der Waals surface area contributed by atoms with Gasteiger partial charge in [0.15, 0.2) is 11.6 Å². The molecule has 0 amide bonds. The van der Waals surface area contributed by atoms with Crippen LogP contribution in [-0.4, -0.2) is 19.7 Å². The lowest BCUT2D eigenvalue weighted by Crippen LogP contribution is -2.13. The lowest BCUT2D eigenvalue weighted by molar-refractivity contribution is -0.142. The largest absolute Gasteiger partial charge is 0.493 e. The molecule has 5 heteroatoms. The molecule has 0 fully saturated rings. The Balaban J connectivity index is 3.20. The molecule has 0 N–H and O–H groups in total. The van der Waals surface area contributed by atoms with Crippen molar-refractivity contribution in [3.63, 3.8) is 0 Å². The van der Waals surface area contributed by atoms with Crippen molar-refractivity contribution in [3.05, 3.63) is 29.1 Å². The quantitative estimate of drug-likeness (QED) is 0.576. The molecule has 0 spiro atoms. The van der Waals surface area contributed by atoms with Crippen molar-refractivity contribution in [1.82, 2.24) is 0 Å². The van der Waals surface area contributed by atoms with Crippen LogP contribution in [0.1, 0.15) is 36.7 Å². The van der Waals surface area contributed by atoms with Gasteiger partial charge in [-0.3, -0.25) is 4.79 Å². The Morgan fingerprint density at radius 3 is 2.55 bits per heavy atom. The molecule has 1 rings (SSSR count). The van der Waals surface area contributed by atoms with E-state index in [9.17, 15) is 9.18 Å². The minimum absolute atomic E-state index is 0.0763. The summed E-state index contributed by atoms with van der Waals surface area (Å²) in [5.41, 5.74) is 1.30. The van der Waals surface area contributed by atoms with E-state index in [2.05, 4.69) is 29.8 Å². The SMILES string of the molecule is CCOC(=O)C(Br)c1cc(CC(C)C)cc(F)c1OC. The fourth-order valence-electron chi connectivity index (χ4n) is 2.01. The maximum absolute atomic E-state index is 14.1. The van der Waals surface area contributed by atoms with Gasteiger partial charge in [-0.1, -0.05) is 35.8 Å². The van der Waals surface area contributed by atoms with Crippen LogP contribution < -0.4 is 4.74 Å². The highest BCUT2D eigenvalue weighted by molar-refractivity contribution is 9.09. The summed E-state index contributed by atoms with van der Waals surface area (Å²) in [6.07, 6.45) is 0.733. The zero-order valence-corrected chi connectivity index (χ0v) is 13.8. The number of carbonyl (C=O) groups is 1. The molecular weight excluding hydrogens is 327 g/mol. The van der Waals surface area contributed by atoms with E-state index < -0.39 is 16.6 Å². The van der Waals surface area contributed by atoms with E-state index in [0.29, 0.717) is 11.5 Å². The van der Waals surface area contributed by atoms with E-state index in [1.807, 2.05) is 0 Å². The van der Waals surface area contributed by atoms with Crippen molar-refractivity contribution in [1.29, 1.82) is 0 Å². The Morgan fingerprint density at radius 1 is 1.40 bits per heavy atom. The Morgan fingerprint density at radius 2 is 2.05 bits per heavy atom. The second-order valence-electron chi connectivity index (χ2n) is 4.91. The Kier molecular flexibility index (Phi) is 6.46. The van der Waals surface area contributed by atoms with Gasteiger partial charge in [-0.2, -0.15) is 0 Å². The average Bonchev–Trinajstić information content (AvgIpc) is 2.36. The van der Waals surface area contributed by atoms with Gasteiger partial charge < -0.3 is 9.47 Å². The topological polar surface area (TPSA) is 35.5 Å². The van der Waals surface area contributed by atoms with Crippen LogP contribution in [0.5, 0.6) is 5.75 Å². The molecule has 0 saturated carbocycles. The van der Waals surface area contributed by atoms with Crippen LogP contribution in [0.25, 0.3) is 0 Å². The van der Waals surface area contributed by atoms with Crippen LogP contribution in [0.15, 0.2) is 12.1 Å². The average molecular weight is 347 g/mol. The number of rotatable bonds is 6. The molecule has 0 aliphatic carbocycles. The normalized spacial score (nSPS) is 12.3. The third kappa shape index (κ3) is 4.20. The molecule has 0 saturated heterocycles. The summed E-state index contributed by atoms with van der Waals surface area (Å²) in [5, 5.41) is 0. The van der Waals surface area contributed by atoms with E-state index in [1.54, 1.807) is 13.0 Å².